The minimum absolute atomic E-state index is 0.553. The van der Waals surface area contributed by atoms with Gasteiger partial charge < -0.3 is 5.73 Å². The van der Waals surface area contributed by atoms with Crippen molar-refractivity contribution in [1.29, 1.82) is 0 Å². The molecule has 5 heteroatoms. The number of pyridine rings is 1. The molecule has 0 atom stereocenters. The molecule has 0 saturated carbocycles. The molecule has 0 spiro atoms. The van der Waals surface area contributed by atoms with Crippen LogP contribution in [0.1, 0.15) is 28.2 Å². The van der Waals surface area contributed by atoms with E-state index in [-0.39, 0.29) is 0 Å². The van der Waals surface area contributed by atoms with Crippen LogP contribution in [0, 0.1) is 13.8 Å². The summed E-state index contributed by atoms with van der Waals surface area (Å²) in [7, 11) is 0. The maximum absolute atomic E-state index is 5.81. The van der Waals surface area contributed by atoms with Gasteiger partial charge in [-0.2, -0.15) is 5.10 Å². The monoisotopic (exact) mass is 369 g/mol. The first-order valence-electron chi connectivity index (χ1n) is 9.34. The molecule has 0 saturated heterocycles. The van der Waals surface area contributed by atoms with E-state index in [1.54, 1.807) is 6.33 Å². The van der Waals surface area contributed by atoms with Crippen LogP contribution in [0.3, 0.4) is 0 Å². The van der Waals surface area contributed by atoms with Crippen LogP contribution in [0.2, 0.25) is 0 Å². The summed E-state index contributed by atoms with van der Waals surface area (Å²) in [5.74, 6) is 1.36. The molecule has 2 aromatic carbocycles. The number of hydrogen-bond donors (Lipinski definition) is 1. The van der Waals surface area contributed by atoms with Gasteiger partial charge in [0.25, 0.3) is 0 Å². The third kappa shape index (κ3) is 3.93. The summed E-state index contributed by atoms with van der Waals surface area (Å²) < 4.78 is 1.86. The number of aromatic nitrogens is 4. The Labute approximate surface area is 164 Å². The van der Waals surface area contributed by atoms with Crippen molar-refractivity contribution in [3.05, 3.63) is 95.2 Å². The Hall–Kier alpha value is -3.47. The predicted octanol–water partition coefficient (Wildman–Crippen LogP) is 4.18. The van der Waals surface area contributed by atoms with E-state index < -0.39 is 0 Å². The number of nitrogens with zero attached hydrogens (tertiary/aromatic N) is 4. The quantitative estimate of drug-likeness (QED) is 0.573. The molecule has 0 aliphatic carbocycles. The predicted molar refractivity (Wildman–Crippen MR) is 112 cm³/mol. The highest BCUT2D eigenvalue weighted by Gasteiger charge is 2.09. The molecule has 0 bridgehead atoms. The summed E-state index contributed by atoms with van der Waals surface area (Å²) in [6.45, 7) is 4.67. The first kappa shape index (κ1) is 17.9. The van der Waals surface area contributed by atoms with E-state index in [2.05, 4.69) is 63.6 Å². The molecule has 4 rings (SSSR count). The standard InChI is InChI=1S/C23H23N5/c1-16-12-22(24)26-17(2)21(16)14-28-15-25-23(27-28)13-18-8-10-20(11-9-18)19-6-4-3-5-7-19/h3-12,15H,13-14H2,1-2H3,(H2,24,26). The van der Waals surface area contributed by atoms with Gasteiger partial charge in [-0.15, -0.1) is 0 Å². The van der Waals surface area contributed by atoms with E-state index in [1.807, 2.05) is 30.7 Å². The largest absolute Gasteiger partial charge is 0.384 e. The lowest BCUT2D eigenvalue weighted by Gasteiger charge is -2.09. The number of hydrogen-bond acceptors (Lipinski definition) is 4. The molecule has 140 valence electrons. The van der Waals surface area contributed by atoms with E-state index in [4.69, 9.17) is 5.73 Å². The van der Waals surface area contributed by atoms with E-state index in [9.17, 15) is 0 Å². The summed E-state index contributed by atoms with van der Waals surface area (Å²) in [4.78, 5) is 8.83. The van der Waals surface area contributed by atoms with Crippen LogP contribution in [-0.2, 0) is 13.0 Å². The SMILES string of the molecule is Cc1cc(N)nc(C)c1Cn1cnc(Cc2ccc(-c3ccccc3)cc2)n1. The van der Waals surface area contributed by atoms with Crippen molar-refractivity contribution in [2.24, 2.45) is 0 Å². The fourth-order valence-corrected chi connectivity index (χ4v) is 3.41. The Morgan fingerprint density at radius 3 is 2.36 bits per heavy atom. The average Bonchev–Trinajstić information content (AvgIpc) is 3.13. The summed E-state index contributed by atoms with van der Waals surface area (Å²) in [6.07, 6.45) is 2.49. The van der Waals surface area contributed by atoms with Crippen LogP contribution < -0.4 is 5.73 Å². The topological polar surface area (TPSA) is 69.6 Å². The lowest BCUT2D eigenvalue weighted by atomic mass is 10.0. The minimum Gasteiger partial charge on any atom is -0.384 e. The number of anilines is 1. The molecule has 0 aliphatic heterocycles. The molecule has 2 N–H and O–H groups in total. The van der Waals surface area contributed by atoms with Crippen LogP contribution >= 0.6 is 0 Å². The lowest BCUT2D eigenvalue weighted by Crippen LogP contribution is -2.07. The van der Waals surface area contributed by atoms with Gasteiger partial charge >= 0.3 is 0 Å². The summed E-state index contributed by atoms with van der Waals surface area (Å²) in [5.41, 5.74) is 12.6. The second kappa shape index (κ2) is 7.64. The van der Waals surface area contributed by atoms with E-state index in [1.165, 1.54) is 16.7 Å². The molecule has 0 radical (unpaired) electrons. The maximum atomic E-state index is 5.81. The van der Waals surface area contributed by atoms with E-state index in [0.29, 0.717) is 18.8 Å². The van der Waals surface area contributed by atoms with Gasteiger partial charge in [0.1, 0.15) is 12.1 Å². The Morgan fingerprint density at radius 1 is 0.929 bits per heavy atom. The molecule has 0 amide bonds. The van der Waals surface area contributed by atoms with Crippen molar-refractivity contribution in [3.63, 3.8) is 0 Å². The van der Waals surface area contributed by atoms with Gasteiger partial charge in [0.15, 0.2) is 5.82 Å². The van der Waals surface area contributed by atoms with Crippen molar-refractivity contribution in [2.45, 2.75) is 26.8 Å². The van der Waals surface area contributed by atoms with Gasteiger partial charge in [-0.1, -0.05) is 54.6 Å². The Balaban J connectivity index is 1.47. The van der Waals surface area contributed by atoms with Crippen LogP contribution in [0.15, 0.2) is 67.0 Å². The number of nitrogen functional groups attached to an aromatic ring is 1. The van der Waals surface area contributed by atoms with Gasteiger partial charge in [0.05, 0.1) is 6.54 Å². The van der Waals surface area contributed by atoms with Gasteiger partial charge in [-0.3, -0.25) is 0 Å². The zero-order valence-corrected chi connectivity index (χ0v) is 16.1. The van der Waals surface area contributed by atoms with Crippen LogP contribution in [-0.4, -0.2) is 19.7 Å². The molecule has 28 heavy (non-hydrogen) atoms. The van der Waals surface area contributed by atoms with Crippen molar-refractivity contribution in [2.75, 3.05) is 5.73 Å². The van der Waals surface area contributed by atoms with E-state index >= 15 is 0 Å². The normalized spacial score (nSPS) is 10.9. The first-order chi connectivity index (χ1) is 13.6. The Bertz CT molecular complexity index is 1060. The molecular weight excluding hydrogens is 346 g/mol. The van der Waals surface area contributed by atoms with Crippen LogP contribution in [0.25, 0.3) is 11.1 Å². The summed E-state index contributed by atoms with van der Waals surface area (Å²) in [6, 6.07) is 20.9. The van der Waals surface area contributed by atoms with Gasteiger partial charge in [-0.25, -0.2) is 14.6 Å². The summed E-state index contributed by atoms with van der Waals surface area (Å²) in [5, 5.41) is 4.63. The average molecular weight is 369 g/mol. The first-order valence-corrected chi connectivity index (χ1v) is 9.34. The zero-order valence-electron chi connectivity index (χ0n) is 16.1. The fourth-order valence-electron chi connectivity index (χ4n) is 3.41. The number of benzene rings is 2. The lowest BCUT2D eigenvalue weighted by molar-refractivity contribution is 0.667. The van der Waals surface area contributed by atoms with Crippen LogP contribution in [0.4, 0.5) is 5.82 Å². The van der Waals surface area contributed by atoms with Gasteiger partial charge in [-0.05, 0) is 47.7 Å². The Kier molecular flexibility index (Phi) is 4.89. The molecule has 4 aromatic rings. The van der Waals surface area contributed by atoms with Crippen molar-refractivity contribution in [3.8, 4) is 11.1 Å². The smallest absolute Gasteiger partial charge is 0.154 e. The third-order valence-electron chi connectivity index (χ3n) is 4.90. The van der Waals surface area contributed by atoms with Crippen molar-refractivity contribution < 1.29 is 0 Å². The van der Waals surface area contributed by atoms with Crippen LogP contribution in [0.5, 0.6) is 0 Å². The number of aryl methyl sites for hydroxylation is 2. The zero-order chi connectivity index (χ0) is 19.5. The molecule has 5 nitrogen and oxygen atoms in total. The van der Waals surface area contributed by atoms with Crippen molar-refractivity contribution >= 4 is 5.82 Å². The maximum Gasteiger partial charge on any atom is 0.154 e. The number of rotatable bonds is 5. The van der Waals surface area contributed by atoms with E-state index in [0.717, 1.165) is 22.6 Å². The highest BCUT2D eigenvalue weighted by molar-refractivity contribution is 5.63. The third-order valence-corrected chi connectivity index (χ3v) is 4.90. The highest BCUT2D eigenvalue weighted by atomic mass is 15.3. The molecule has 2 aromatic heterocycles. The molecule has 0 unspecified atom stereocenters. The van der Waals surface area contributed by atoms with Crippen molar-refractivity contribution in [1.82, 2.24) is 19.7 Å². The Morgan fingerprint density at radius 2 is 1.64 bits per heavy atom. The molecule has 0 aliphatic rings. The number of nitrogens with two attached hydrogens (primary N) is 1. The highest BCUT2D eigenvalue weighted by Crippen LogP contribution is 2.20. The minimum atomic E-state index is 0.553. The second-order valence-corrected chi connectivity index (χ2v) is 7.03. The van der Waals surface area contributed by atoms with Gasteiger partial charge in [0, 0.05) is 12.1 Å². The molecule has 2 heterocycles. The molecule has 0 fully saturated rings. The fraction of sp³-hybridized carbons (Fsp3) is 0.174. The van der Waals surface area contributed by atoms with Gasteiger partial charge in [0.2, 0.25) is 0 Å². The summed E-state index contributed by atoms with van der Waals surface area (Å²) >= 11 is 0. The molecular formula is C23H23N5. The second-order valence-electron chi connectivity index (χ2n) is 7.03.